The predicted molar refractivity (Wildman–Crippen MR) is 68.1 cm³/mol. The van der Waals surface area contributed by atoms with E-state index in [1.54, 1.807) is 0 Å². The first kappa shape index (κ1) is 12.3. The fourth-order valence-corrected chi connectivity index (χ4v) is 1.81. The highest BCUT2D eigenvalue weighted by molar-refractivity contribution is 9.10. The van der Waals surface area contributed by atoms with Crippen LogP contribution in [0.1, 0.15) is 18.9 Å². The standard InChI is InChI=1S/C11H17BrN2O/c1-7-5-11(9(12)6-10(7)13)14-8(2)3-4-15/h5-6,8,14-15H,3-4,13H2,1-2H3. The van der Waals surface area contributed by atoms with Crippen LogP contribution in [0.15, 0.2) is 16.6 Å². The fraction of sp³-hybridized carbons (Fsp3) is 0.455. The molecule has 1 unspecified atom stereocenters. The summed E-state index contributed by atoms with van der Waals surface area (Å²) in [6.45, 7) is 4.21. The second-order valence-corrected chi connectivity index (χ2v) is 4.60. The number of rotatable bonds is 4. The third kappa shape index (κ3) is 3.39. The molecule has 0 aliphatic carbocycles. The van der Waals surface area contributed by atoms with E-state index in [0.717, 1.165) is 27.8 Å². The van der Waals surface area contributed by atoms with Gasteiger partial charge in [0.1, 0.15) is 0 Å². The Labute approximate surface area is 98.8 Å². The van der Waals surface area contributed by atoms with Crippen LogP contribution in [0.4, 0.5) is 11.4 Å². The molecule has 0 bridgehead atoms. The number of nitrogens with one attached hydrogen (secondary N) is 1. The van der Waals surface area contributed by atoms with Gasteiger partial charge in [0.2, 0.25) is 0 Å². The predicted octanol–water partition coefficient (Wildman–Crippen LogP) is 2.52. The molecule has 0 aromatic heterocycles. The molecular weight excluding hydrogens is 256 g/mol. The van der Waals surface area contributed by atoms with Gasteiger partial charge in [-0.2, -0.15) is 0 Å². The largest absolute Gasteiger partial charge is 0.398 e. The van der Waals surface area contributed by atoms with Crippen LogP contribution in [0, 0.1) is 6.92 Å². The summed E-state index contributed by atoms with van der Waals surface area (Å²) in [5.41, 5.74) is 8.63. The number of anilines is 2. The normalized spacial score (nSPS) is 12.5. The number of aliphatic hydroxyl groups is 1. The Bertz CT molecular complexity index is 342. The fourth-order valence-electron chi connectivity index (χ4n) is 1.34. The molecule has 1 rings (SSSR count). The molecule has 0 amide bonds. The summed E-state index contributed by atoms with van der Waals surface area (Å²) in [6, 6.07) is 4.14. The van der Waals surface area contributed by atoms with Gasteiger partial charge in [-0.1, -0.05) is 0 Å². The van der Waals surface area contributed by atoms with Crippen molar-refractivity contribution in [2.45, 2.75) is 26.3 Å². The summed E-state index contributed by atoms with van der Waals surface area (Å²) in [6.07, 6.45) is 0.732. The van der Waals surface area contributed by atoms with Gasteiger partial charge >= 0.3 is 0 Å². The first-order valence-electron chi connectivity index (χ1n) is 4.97. The van der Waals surface area contributed by atoms with Crippen LogP contribution < -0.4 is 11.1 Å². The smallest absolute Gasteiger partial charge is 0.0490 e. The van der Waals surface area contributed by atoms with Crippen molar-refractivity contribution in [1.29, 1.82) is 0 Å². The zero-order chi connectivity index (χ0) is 11.4. The van der Waals surface area contributed by atoms with E-state index in [2.05, 4.69) is 21.2 Å². The molecule has 0 saturated heterocycles. The summed E-state index contributed by atoms with van der Waals surface area (Å²) in [7, 11) is 0. The lowest BCUT2D eigenvalue weighted by Crippen LogP contribution is -2.17. The Morgan fingerprint density at radius 3 is 2.80 bits per heavy atom. The monoisotopic (exact) mass is 272 g/mol. The molecule has 1 atom stereocenters. The molecule has 0 aliphatic heterocycles. The first-order chi connectivity index (χ1) is 7.04. The zero-order valence-electron chi connectivity index (χ0n) is 9.05. The van der Waals surface area contributed by atoms with Gasteiger partial charge in [0.05, 0.1) is 0 Å². The summed E-state index contributed by atoms with van der Waals surface area (Å²) in [5.74, 6) is 0. The second-order valence-electron chi connectivity index (χ2n) is 3.75. The summed E-state index contributed by atoms with van der Waals surface area (Å²) < 4.78 is 0.954. The lowest BCUT2D eigenvalue weighted by molar-refractivity contribution is 0.282. The number of hydrogen-bond donors (Lipinski definition) is 3. The number of aryl methyl sites for hydroxylation is 1. The minimum absolute atomic E-state index is 0.194. The molecule has 4 heteroatoms. The van der Waals surface area contributed by atoms with Gasteiger partial charge in [-0.15, -0.1) is 0 Å². The van der Waals surface area contributed by atoms with Gasteiger partial charge in [-0.25, -0.2) is 0 Å². The molecule has 0 fully saturated rings. The van der Waals surface area contributed by atoms with Gasteiger partial charge < -0.3 is 16.2 Å². The second kappa shape index (κ2) is 5.37. The minimum atomic E-state index is 0.194. The van der Waals surface area contributed by atoms with E-state index in [0.29, 0.717) is 0 Å². The van der Waals surface area contributed by atoms with E-state index in [9.17, 15) is 0 Å². The van der Waals surface area contributed by atoms with Gasteiger partial charge in [-0.05, 0) is 53.9 Å². The van der Waals surface area contributed by atoms with Crippen molar-refractivity contribution in [2.75, 3.05) is 17.7 Å². The third-order valence-corrected chi connectivity index (χ3v) is 2.98. The van der Waals surface area contributed by atoms with Crippen LogP contribution in [0.25, 0.3) is 0 Å². The molecule has 15 heavy (non-hydrogen) atoms. The van der Waals surface area contributed by atoms with E-state index in [4.69, 9.17) is 10.8 Å². The maximum absolute atomic E-state index is 8.81. The Morgan fingerprint density at radius 2 is 2.20 bits per heavy atom. The number of benzene rings is 1. The molecule has 84 valence electrons. The van der Waals surface area contributed by atoms with E-state index >= 15 is 0 Å². The van der Waals surface area contributed by atoms with Crippen molar-refractivity contribution in [1.82, 2.24) is 0 Å². The maximum atomic E-state index is 8.81. The van der Waals surface area contributed by atoms with Crippen molar-refractivity contribution in [3.63, 3.8) is 0 Å². The Balaban J connectivity index is 2.81. The average molecular weight is 273 g/mol. The van der Waals surface area contributed by atoms with Crippen molar-refractivity contribution in [3.05, 3.63) is 22.2 Å². The van der Waals surface area contributed by atoms with Gasteiger partial charge in [0, 0.05) is 28.5 Å². The Hall–Kier alpha value is -0.740. The van der Waals surface area contributed by atoms with Crippen LogP contribution >= 0.6 is 15.9 Å². The van der Waals surface area contributed by atoms with Gasteiger partial charge in [-0.3, -0.25) is 0 Å². The Kier molecular flexibility index (Phi) is 4.42. The molecular formula is C11H17BrN2O. The molecule has 3 nitrogen and oxygen atoms in total. The van der Waals surface area contributed by atoms with Crippen molar-refractivity contribution >= 4 is 27.3 Å². The van der Waals surface area contributed by atoms with E-state index in [1.165, 1.54) is 0 Å². The van der Waals surface area contributed by atoms with Crippen LogP contribution in [0.2, 0.25) is 0 Å². The van der Waals surface area contributed by atoms with E-state index in [-0.39, 0.29) is 12.6 Å². The lowest BCUT2D eigenvalue weighted by atomic mass is 10.1. The molecule has 0 saturated carbocycles. The molecule has 4 N–H and O–H groups in total. The number of nitrogens with two attached hydrogens (primary N) is 1. The number of aliphatic hydroxyl groups excluding tert-OH is 1. The van der Waals surface area contributed by atoms with Gasteiger partial charge in [0.15, 0.2) is 0 Å². The van der Waals surface area contributed by atoms with E-state index in [1.807, 2.05) is 26.0 Å². The molecule has 0 spiro atoms. The van der Waals surface area contributed by atoms with Crippen LogP contribution in [0.5, 0.6) is 0 Å². The summed E-state index contributed by atoms with van der Waals surface area (Å²) in [4.78, 5) is 0. The minimum Gasteiger partial charge on any atom is -0.398 e. The maximum Gasteiger partial charge on any atom is 0.0490 e. The summed E-state index contributed by atoms with van der Waals surface area (Å²) >= 11 is 3.46. The van der Waals surface area contributed by atoms with E-state index < -0.39 is 0 Å². The first-order valence-corrected chi connectivity index (χ1v) is 5.77. The van der Waals surface area contributed by atoms with Crippen molar-refractivity contribution < 1.29 is 5.11 Å². The third-order valence-electron chi connectivity index (χ3n) is 2.32. The Morgan fingerprint density at radius 1 is 1.53 bits per heavy atom. The lowest BCUT2D eigenvalue weighted by Gasteiger charge is -2.16. The molecule has 0 radical (unpaired) electrons. The van der Waals surface area contributed by atoms with Crippen molar-refractivity contribution in [3.8, 4) is 0 Å². The topological polar surface area (TPSA) is 58.3 Å². The quantitative estimate of drug-likeness (QED) is 0.739. The molecule has 0 heterocycles. The SMILES string of the molecule is Cc1cc(NC(C)CCO)c(Br)cc1N. The molecule has 0 aliphatic rings. The molecule has 1 aromatic rings. The van der Waals surface area contributed by atoms with Crippen LogP contribution in [-0.2, 0) is 0 Å². The van der Waals surface area contributed by atoms with Crippen molar-refractivity contribution in [2.24, 2.45) is 0 Å². The summed E-state index contributed by atoms with van der Waals surface area (Å²) in [5, 5.41) is 12.1. The highest BCUT2D eigenvalue weighted by Crippen LogP contribution is 2.28. The number of halogens is 1. The van der Waals surface area contributed by atoms with Gasteiger partial charge in [0.25, 0.3) is 0 Å². The van der Waals surface area contributed by atoms with Crippen LogP contribution in [-0.4, -0.2) is 17.8 Å². The highest BCUT2D eigenvalue weighted by Gasteiger charge is 2.06. The number of hydrogen-bond acceptors (Lipinski definition) is 3. The zero-order valence-corrected chi connectivity index (χ0v) is 10.6. The number of nitrogen functional groups attached to an aromatic ring is 1. The van der Waals surface area contributed by atoms with Crippen LogP contribution in [0.3, 0.4) is 0 Å². The molecule has 1 aromatic carbocycles. The highest BCUT2D eigenvalue weighted by atomic mass is 79.9. The average Bonchev–Trinajstić information content (AvgIpc) is 2.14.